The second-order valence-corrected chi connectivity index (χ2v) is 18.3. The van der Waals surface area contributed by atoms with Gasteiger partial charge in [0.2, 0.25) is 22.7 Å². The van der Waals surface area contributed by atoms with Crippen molar-refractivity contribution in [3.63, 3.8) is 0 Å². The lowest BCUT2D eigenvalue weighted by molar-refractivity contribution is -0.152. The van der Waals surface area contributed by atoms with Gasteiger partial charge in [-0.05, 0) is 79.0 Å². The average molecular weight is 770 g/mol. The van der Waals surface area contributed by atoms with Crippen LogP contribution in [0, 0.1) is 35.0 Å². The van der Waals surface area contributed by atoms with Crippen LogP contribution in [0.1, 0.15) is 85.5 Å². The Morgan fingerprint density at radius 2 is 1.89 bits per heavy atom. The number of rotatable bonds is 10. The van der Waals surface area contributed by atoms with Crippen LogP contribution in [0.15, 0.2) is 42.6 Å². The number of ketones is 1. The lowest BCUT2D eigenvalue weighted by Crippen LogP contribution is -2.48. The van der Waals surface area contributed by atoms with Gasteiger partial charge in [-0.15, -0.1) is 0 Å². The summed E-state index contributed by atoms with van der Waals surface area (Å²) in [4.78, 5) is 62.2. The molecule has 54 heavy (non-hydrogen) atoms. The van der Waals surface area contributed by atoms with E-state index in [1.807, 2.05) is 55.8 Å². The first-order valence-electron chi connectivity index (χ1n) is 19.1. The minimum atomic E-state index is -4.61. The first kappa shape index (κ1) is 39.6. The fourth-order valence-electron chi connectivity index (χ4n) is 7.98. The van der Waals surface area contributed by atoms with Crippen LogP contribution in [0.3, 0.4) is 0 Å². The number of carbonyl (C=O) groups is 4. The Balaban J connectivity index is 1.33. The van der Waals surface area contributed by atoms with E-state index in [1.54, 1.807) is 19.4 Å². The van der Waals surface area contributed by atoms with E-state index in [9.17, 15) is 32.0 Å². The summed E-state index contributed by atoms with van der Waals surface area (Å²) >= 11 is 0. The van der Waals surface area contributed by atoms with Crippen LogP contribution in [0.5, 0.6) is 11.6 Å². The van der Waals surface area contributed by atoms with Crippen molar-refractivity contribution in [3.8, 4) is 11.6 Å². The molecule has 2 saturated carbocycles. The number of halogens is 1. The van der Waals surface area contributed by atoms with E-state index in [0.717, 1.165) is 11.8 Å². The molecule has 0 spiro atoms. The Labute approximate surface area is 316 Å². The third kappa shape index (κ3) is 8.43. The van der Waals surface area contributed by atoms with Crippen LogP contribution in [-0.2, 0) is 33.9 Å². The van der Waals surface area contributed by atoms with Gasteiger partial charge >= 0.3 is 5.97 Å². The second-order valence-electron chi connectivity index (χ2n) is 16.3. The van der Waals surface area contributed by atoms with Crippen molar-refractivity contribution in [2.75, 3.05) is 20.3 Å². The van der Waals surface area contributed by atoms with E-state index in [1.165, 1.54) is 4.90 Å². The third-order valence-corrected chi connectivity index (χ3v) is 13.3. The van der Waals surface area contributed by atoms with Crippen molar-refractivity contribution >= 4 is 44.4 Å². The summed E-state index contributed by atoms with van der Waals surface area (Å²) in [6.45, 7) is 8.13. The topological polar surface area (TPSA) is 158 Å². The maximum absolute atomic E-state index is 14.8. The average Bonchev–Trinajstić information content (AvgIpc) is 4.01. The molecule has 4 aliphatic rings. The number of nitrogens with zero attached hydrogens (tertiary/aromatic N) is 2. The summed E-state index contributed by atoms with van der Waals surface area (Å²) in [5, 5.41) is -0.972. The smallest absolute Gasteiger partial charge is 0.306 e. The van der Waals surface area contributed by atoms with Gasteiger partial charge in [-0.3, -0.25) is 19.2 Å². The number of nitrogens with one attached hydrogen (secondary N) is 1. The number of esters is 1. The van der Waals surface area contributed by atoms with Crippen molar-refractivity contribution in [1.82, 2.24) is 14.6 Å². The number of hydrogen-bond acceptors (Lipinski definition) is 10. The van der Waals surface area contributed by atoms with E-state index in [2.05, 4.69) is 11.9 Å². The molecule has 1 aromatic carbocycles. The zero-order chi connectivity index (χ0) is 39.0. The molecule has 2 amide bonds. The molecule has 14 heteroatoms. The molecule has 3 heterocycles. The minimum Gasteiger partial charge on any atom is -0.497 e. The Morgan fingerprint density at radius 1 is 1.13 bits per heavy atom. The van der Waals surface area contributed by atoms with Gasteiger partial charge in [0, 0.05) is 37.3 Å². The molecule has 3 fully saturated rings. The number of aromatic nitrogens is 1. The van der Waals surface area contributed by atoms with Gasteiger partial charge in [-0.1, -0.05) is 39.8 Å². The largest absolute Gasteiger partial charge is 0.497 e. The number of benzene rings is 1. The van der Waals surface area contributed by atoms with Crippen molar-refractivity contribution in [2.24, 2.45) is 35.0 Å². The lowest BCUT2D eigenvalue weighted by atomic mass is 9.82. The number of sulfonamides is 1. The normalized spacial score (nSPS) is 30.4. The summed E-state index contributed by atoms with van der Waals surface area (Å²) in [5.41, 5.74) is -1.42. The molecule has 7 atom stereocenters. The lowest BCUT2D eigenvalue weighted by Gasteiger charge is -2.32. The highest BCUT2D eigenvalue weighted by Crippen LogP contribution is 2.58. The fourth-order valence-corrected chi connectivity index (χ4v) is 9.25. The summed E-state index contributed by atoms with van der Waals surface area (Å²) in [7, 11) is -3.04. The van der Waals surface area contributed by atoms with Crippen LogP contribution < -0.4 is 14.2 Å². The quantitative estimate of drug-likeness (QED) is 0.236. The maximum Gasteiger partial charge on any atom is 0.306 e. The van der Waals surface area contributed by atoms with Crippen molar-refractivity contribution in [3.05, 3.63) is 42.6 Å². The zero-order valence-electron chi connectivity index (χ0n) is 31.7. The number of amides is 2. The third-order valence-electron chi connectivity index (χ3n) is 11.5. The molecule has 294 valence electrons. The molecule has 6 rings (SSSR count). The predicted octanol–water partition coefficient (Wildman–Crippen LogP) is 5.68. The minimum absolute atomic E-state index is 0.0184. The van der Waals surface area contributed by atoms with E-state index in [4.69, 9.17) is 14.2 Å². The Morgan fingerprint density at radius 3 is 2.59 bits per heavy atom. The zero-order valence-corrected chi connectivity index (χ0v) is 32.5. The summed E-state index contributed by atoms with van der Waals surface area (Å²) in [5.74, 6) is -2.44. The molecule has 1 saturated heterocycles. The highest BCUT2D eigenvalue weighted by atomic mass is 32.2. The van der Waals surface area contributed by atoms with E-state index < -0.39 is 62.1 Å². The Kier molecular flexibility index (Phi) is 11.4. The van der Waals surface area contributed by atoms with E-state index in [0.29, 0.717) is 29.9 Å². The van der Waals surface area contributed by atoms with E-state index in [-0.39, 0.29) is 75.3 Å². The van der Waals surface area contributed by atoms with Gasteiger partial charge in [-0.25, -0.2) is 22.5 Å². The van der Waals surface area contributed by atoms with Crippen LogP contribution in [0.25, 0.3) is 10.8 Å². The number of carbonyl (C=O) groups excluding carboxylic acids is 4. The number of methoxy groups -OCH3 is 1. The van der Waals surface area contributed by atoms with Crippen LogP contribution in [-0.4, -0.2) is 79.3 Å². The number of pyridine rings is 1. The number of alkyl halides is 1. The van der Waals surface area contributed by atoms with Gasteiger partial charge in [-0.2, -0.15) is 0 Å². The molecular weight excluding hydrogens is 718 g/mol. The fraction of sp³-hybridized carbons (Fsp3) is 0.625. The van der Waals surface area contributed by atoms with Crippen LogP contribution in [0.2, 0.25) is 0 Å². The molecule has 1 N–H and O–H groups in total. The highest BCUT2D eigenvalue weighted by molar-refractivity contribution is 7.91. The van der Waals surface area contributed by atoms with E-state index >= 15 is 0 Å². The maximum atomic E-state index is 14.8. The van der Waals surface area contributed by atoms with Gasteiger partial charge in [0.25, 0.3) is 10.0 Å². The molecule has 2 aliphatic carbocycles. The number of allylic oxidation sites excluding steroid dienone is 2. The second kappa shape index (κ2) is 15.6. The van der Waals surface area contributed by atoms with Crippen LogP contribution >= 0.6 is 0 Å². The first-order chi connectivity index (χ1) is 25.6. The number of Topliss-reactive ketones (excluding diaryl/α,β-unsaturated/α-hetero) is 1. The Hall–Kier alpha value is -4.07. The molecular formula is C40H52FN3O9S. The van der Waals surface area contributed by atoms with Gasteiger partial charge in [0.05, 0.1) is 44.1 Å². The summed E-state index contributed by atoms with van der Waals surface area (Å²) in [6, 6.07) is 6.24. The molecule has 0 unspecified atom stereocenters. The standard InChI is InChI=1S/C40H52FN3O9S/c1-24(2)23-52-35(46)19-32-26(4)16-25(3)8-6-7-9-28-20-39(28,38(48)43-54(49,50)40(41)13-14-40)21-34(45)33-18-30(22-44(33)37(32)47)53-36-31-11-10-29(51-5)17-27(31)12-15-42-36/h7,9-12,15,17,24-26,28,30,32-33H,6,8,13-14,16,18-23H2,1-5H3,(H,43,48)/b9-7-/t25-,26-,28-,30-,32+,33+,39-/m1/s1. The highest BCUT2D eigenvalue weighted by Gasteiger charge is 2.64. The van der Waals surface area contributed by atoms with Crippen molar-refractivity contribution in [2.45, 2.75) is 103 Å². The monoisotopic (exact) mass is 769 g/mol. The van der Waals surface area contributed by atoms with Crippen molar-refractivity contribution < 1.29 is 46.2 Å². The molecule has 0 bridgehead atoms. The molecule has 2 aliphatic heterocycles. The van der Waals surface area contributed by atoms with Gasteiger partial charge < -0.3 is 19.1 Å². The van der Waals surface area contributed by atoms with Crippen molar-refractivity contribution in [1.29, 1.82) is 0 Å². The van der Waals surface area contributed by atoms with Gasteiger partial charge in [0.1, 0.15) is 11.9 Å². The number of hydrogen-bond donors (Lipinski definition) is 1. The molecule has 2 aromatic rings. The first-order valence-corrected chi connectivity index (χ1v) is 20.5. The number of fused-ring (bicyclic) bond motifs is 3. The summed E-state index contributed by atoms with van der Waals surface area (Å²) in [6.07, 6.45) is 6.18. The predicted molar refractivity (Wildman–Crippen MR) is 198 cm³/mol. The SMILES string of the molecule is COc1ccc2c(O[C@@H]3C[C@H]4C(=O)C[C@]5(C(=O)NS(=O)(=O)C6(F)CC6)C[C@H]5/C=C\CC[C@@H](C)C[C@@H](C)[C@H](CC(=O)OCC(C)C)C(=O)N4C3)nccc2c1. The van der Waals surface area contributed by atoms with Gasteiger partial charge in [0.15, 0.2) is 5.78 Å². The summed E-state index contributed by atoms with van der Waals surface area (Å²) < 4.78 is 59.7. The number of ether oxygens (including phenoxy) is 3. The van der Waals surface area contributed by atoms with Crippen LogP contribution in [0.4, 0.5) is 4.39 Å². The molecule has 12 nitrogen and oxygen atoms in total. The molecule has 0 radical (unpaired) electrons. The Bertz CT molecular complexity index is 1910. The molecule has 1 aromatic heterocycles.